The van der Waals surface area contributed by atoms with Crippen LogP contribution in [0, 0.1) is 17.6 Å². The number of anilines is 1. The van der Waals surface area contributed by atoms with Gasteiger partial charge in [0.15, 0.2) is 0 Å². The topological polar surface area (TPSA) is 193 Å². The van der Waals surface area contributed by atoms with Crippen molar-refractivity contribution in [1.82, 2.24) is 30.1 Å². The fourth-order valence-electron chi connectivity index (χ4n) is 6.48. The molecule has 17 heteroatoms. The van der Waals surface area contributed by atoms with E-state index >= 15 is 0 Å². The van der Waals surface area contributed by atoms with Gasteiger partial charge in [-0.15, -0.1) is 0 Å². The number of pyridine rings is 1. The Kier molecular flexibility index (Phi) is 9.69. The number of rotatable bonds is 10. The highest BCUT2D eigenvalue weighted by Crippen LogP contribution is 2.44. The lowest BCUT2D eigenvalue weighted by Crippen LogP contribution is -2.57. The second-order valence-corrected chi connectivity index (χ2v) is 14.7. The number of likely N-dealkylation sites (tertiary alicyclic amines) is 1. The molecule has 2 aromatic carbocycles. The molecule has 3 heterocycles. The van der Waals surface area contributed by atoms with Crippen molar-refractivity contribution in [2.24, 2.45) is 5.92 Å². The summed E-state index contributed by atoms with van der Waals surface area (Å²) >= 11 is 0. The summed E-state index contributed by atoms with van der Waals surface area (Å²) in [6.45, 7) is 3.44. The molecule has 1 saturated carbocycles. The third kappa shape index (κ3) is 7.35. The minimum Gasteiger partial charge on any atom is -0.444 e. The Hall–Kier alpha value is -5.16. The summed E-state index contributed by atoms with van der Waals surface area (Å²) < 4.78 is 61.9. The van der Waals surface area contributed by atoms with Crippen molar-refractivity contribution in [2.45, 2.75) is 74.9 Å². The van der Waals surface area contributed by atoms with Gasteiger partial charge in [-0.3, -0.25) is 24.3 Å². The van der Waals surface area contributed by atoms with E-state index in [2.05, 4.69) is 15.6 Å². The third-order valence-corrected chi connectivity index (χ3v) is 10.9. The van der Waals surface area contributed by atoms with Crippen LogP contribution in [0.25, 0.3) is 0 Å². The average molecular weight is 726 g/mol. The van der Waals surface area contributed by atoms with Crippen molar-refractivity contribution in [3.05, 3.63) is 89.2 Å². The first-order valence-electron chi connectivity index (χ1n) is 16.3. The Morgan fingerprint density at radius 1 is 1.10 bits per heavy atom. The van der Waals surface area contributed by atoms with Crippen LogP contribution in [0.5, 0.6) is 0 Å². The van der Waals surface area contributed by atoms with Crippen LogP contribution in [-0.2, 0) is 48.8 Å². The standard InChI is InChI=1S/C34H37F2N7O7S/c1-19-14-34(19,32(46)41-51(48,49)29-12-22(35)9-10-27(29)37)40-30(44)28-13-24(50-33(47)42-16-21-6-5-8-26(36)25(21)18-42)17-43(28)31(45)20(2)39-15-23-7-3-4-11-38-23/h3-12,19-20,24,28,39H,13-18,37H2,1-2H3,(H,40,44)(H,41,46)/t19-,20+,24-,28+,34-/m1/s1. The predicted octanol–water partition coefficient (Wildman–Crippen LogP) is 1.94. The highest BCUT2D eigenvalue weighted by Gasteiger charge is 2.60. The van der Waals surface area contributed by atoms with Crippen LogP contribution in [0.15, 0.2) is 65.7 Å². The molecule has 270 valence electrons. The number of aromatic nitrogens is 1. The molecule has 2 aliphatic heterocycles. The molecule has 2 fully saturated rings. The molecule has 1 aliphatic carbocycles. The highest BCUT2D eigenvalue weighted by atomic mass is 32.2. The number of carbonyl (C=O) groups excluding carboxylic acids is 4. The maximum absolute atomic E-state index is 14.3. The highest BCUT2D eigenvalue weighted by molar-refractivity contribution is 7.90. The minimum atomic E-state index is -4.63. The number of amides is 4. The van der Waals surface area contributed by atoms with E-state index in [1.54, 1.807) is 50.4 Å². The number of benzene rings is 2. The average Bonchev–Trinajstić information content (AvgIpc) is 3.40. The van der Waals surface area contributed by atoms with Gasteiger partial charge in [0.1, 0.15) is 34.2 Å². The number of nitrogens with two attached hydrogens (primary N) is 1. The molecule has 3 aliphatic rings. The number of sulfonamides is 1. The summed E-state index contributed by atoms with van der Waals surface area (Å²) in [5.74, 6) is -4.15. The van der Waals surface area contributed by atoms with Gasteiger partial charge in [0.25, 0.3) is 15.9 Å². The van der Waals surface area contributed by atoms with Crippen molar-refractivity contribution in [1.29, 1.82) is 0 Å². The molecule has 5 atom stereocenters. The number of hydrogen-bond donors (Lipinski definition) is 4. The molecule has 3 aromatic rings. The lowest BCUT2D eigenvalue weighted by molar-refractivity contribution is -0.141. The Morgan fingerprint density at radius 2 is 1.86 bits per heavy atom. The van der Waals surface area contributed by atoms with Gasteiger partial charge in [-0.25, -0.2) is 26.7 Å². The molecule has 1 saturated heterocycles. The summed E-state index contributed by atoms with van der Waals surface area (Å²) in [4.78, 5) is 60.6. The molecule has 14 nitrogen and oxygen atoms in total. The van der Waals surface area contributed by atoms with Crippen molar-refractivity contribution in [2.75, 3.05) is 12.3 Å². The summed E-state index contributed by atoms with van der Waals surface area (Å²) in [6.07, 6.45) is -0.133. The monoisotopic (exact) mass is 725 g/mol. The molecule has 0 spiro atoms. The number of hydrogen-bond acceptors (Lipinski definition) is 10. The largest absolute Gasteiger partial charge is 0.444 e. The van der Waals surface area contributed by atoms with E-state index in [0.29, 0.717) is 22.9 Å². The second-order valence-electron chi connectivity index (χ2n) is 13.1. The zero-order chi connectivity index (χ0) is 36.7. The van der Waals surface area contributed by atoms with Gasteiger partial charge < -0.3 is 26.0 Å². The van der Waals surface area contributed by atoms with Crippen molar-refractivity contribution in [3.63, 3.8) is 0 Å². The van der Waals surface area contributed by atoms with Crippen LogP contribution in [0.4, 0.5) is 19.3 Å². The summed E-state index contributed by atoms with van der Waals surface area (Å²) in [6, 6.07) is 10.6. The maximum atomic E-state index is 14.3. The Balaban J connectivity index is 1.18. The van der Waals surface area contributed by atoms with E-state index in [9.17, 15) is 36.4 Å². The fraction of sp³-hybridized carbons (Fsp3) is 0.382. The summed E-state index contributed by atoms with van der Waals surface area (Å²) in [5.41, 5.74) is 5.49. The van der Waals surface area contributed by atoms with E-state index in [0.717, 1.165) is 12.1 Å². The van der Waals surface area contributed by atoms with Crippen LogP contribution in [0.2, 0.25) is 0 Å². The maximum Gasteiger partial charge on any atom is 0.410 e. The van der Waals surface area contributed by atoms with E-state index < -0.39 is 80.0 Å². The fourth-order valence-corrected chi connectivity index (χ4v) is 7.66. The number of ether oxygens (including phenoxy) is 1. The zero-order valence-electron chi connectivity index (χ0n) is 27.8. The Morgan fingerprint density at radius 3 is 2.55 bits per heavy atom. The van der Waals surface area contributed by atoms with Gasteiger partial charge in [0.05, 0.1) is 30.5 Å². The Labute approximate surface area is 292 Å². The molecule has 0 unspecified atom stereocenters. The van der Waals surface area contributed by atoms with Crippen LogP contribution in [0.3, 0.4) is 0 Å². The zero-order valence-corrected chi connectivity index (χ0v) is 28.6. The number of nitrogens with one attached hydrogen (secondary N) is 3. The van der Waals surface area contributed by atoms with Crippen LogP contribution in [0.1, 0.15) is 43.5 Å². The van der Waals surface area contributed by atoms with E-state index in [1.165, 1.54) is 15.9 Å². The predicted molar refractivity (Wildman–Crippen MR) is 177 cm³/mol. The van der Waals surface area contributed by atoms with Gasteiger partial charge in [-0.05, 0) is 61.2 Å². The van der Waals surface area contributed by atoms with Crippen LogP contribution >= 0.6 is 0 Å². The van der Waals surface area contributed by atoms with Gasteiger partial charge in [-0.2, -0.15) is 0 Å². The molecule has 4 amide bonds. The van der Waals surface area contributed by atoms with Crippen molar-refractivity contribution in [3.8, 4) is 0 Å². The lowest BCUT2D eigenvalue weighted by atomic mass is 10.1. The van der Waals surface area contributed by atoms with Gasteiger partial charge in [0, 0.05) is 31.3 Å². The molecular formula is C34H37F2N7O7S. The van der Waals surface area contributed by atoms with E-state index in [1.807, 2.05) is 4.72 Å². The van der Waals surface area contributed by atoms with Gasteiger partial charge in [-0.1, -0.05) is 25.1 Å². The second kappa shape index (κ2) is 13.9. The van der Waals surface area contributed by atoms with Crippen LogP contribution < -0.4 is 21.1 Å². The molecule has 0 radical (unpaired) electrons. The molecule has 5 N–H and O–H groups in total. The molecule has 6 rings (SSSR count). The quantitative estimate of drug-likeness (QED) is 0.225. The van der Waals surface area contributed by atoms with Crippen molar-refractivity contribution >= 4 is 39.5 Å². The number of carbonyl (C=O) groups is 4. The number of nitrogen functional groups attached to an aromatic ring is 1. The first-order valence-corrected chi connectivity index (χ1v) is 17.8. The smallest absolute Gasteiger partial charge is 0.410 e. The van der Waals surface area contributed by atoms with Crippen molar-refractivity contribution < 1.29 is 41.1 Å². The molecule has 0 bridgehead atoms. The first kappa shape index (κ1) is 35.7. The minimum absolute atomic E-state index is 0.00566. The third-order valence-electron chi connectivity index (χ3n) is 9.54. The molecule has 51 heavy (non-hydrogen) atoms. The summed E-state index contributed by atoms with van der Waals surface area (Å²) in [7, 11) is -4.63. The molecule has 1 aromatic heterocycles. The lowest BCUT2D eigenvalue weighted by Gasteiger charge is -2.28. The van der Waals surface area contributed by atoms with Crippen LogP contribution in [-0.4, -0.2) is 77.3 Å². The normalized spacial score (nSPS) is 22.9. The van der Waals surface area contributed by atoms with E-state index in [4.69, 9.17) is 10.5 Å². The number of nitrogens with zero attached hydrogens (tertiary/aromatic N) is 3. The first-order chi connectivity index (χ1) is 24.2. The molecular weight excluding hydrogens is 688 g/mol. The SMILES string of the molecule is C[C@H](NCc1ccccn1)C(=O)N1C[C@H](OC(=O)N2Cc3cccc(F)c3C2)C[C@H]1C(=O)N[C@]1(C(=O)NS(=O)(=O)c2cc(F)ccc2N)C[C@H]1C. The van der Waals surface area contributed by atoms with Gasteiger partial charge in [0.2, 0.25) is 11.8 Å². The Bertz CT molecular complexity index is 1990. The number of fused-ring (bicyclic) bond motifs is 1. The number of halogens is 2. The van der Waals surface area contributed by atoms with Gasteiger partial charge >= 0.3 is 6.09 Å². The summed E-state index contributed by atoms with van der Waals surface area (Å²) in [5, 5.41) is 5.73. The van der Waals surface area contributed by atoms with E-state index in [-0.39, 0.29) is 44.7 Å².